The summed E-state index contributed by atoms with van der Waals surface area (Å²) in [5.41, 5.74) is 1.47. The van der Waals surface area contributed by atoms with Gasteiger partial charge in [-0.25, -0.2) is 8.42 Å². The van der Waals surface area contributed by atoms with Gasteiger partial charge in [-0.1, -0.05) is 36.4 Å². The lowest BCUT2D eigenvalue weighted by Gasteiger charge is -2.33. The second-order valence-corrected chi connectivity index (χ2v) is 8.30. The van der Waals surface area contributed by atoms with E-state index >= 15 is 0 Å². The summed E-state index contributed by atoms with van der Waals surface area (Å²) in [4.78, 5) is 12.6. The minimum atomic E-state index is -3.89. The van der Waals surface area contributed by atoms with E-state index in [-0.39, 0.29) is 10.6 Å². The van der Waals surface area contributed by atoms with Crippen LogP contribution in [0.4, 0.5) is 5.69 Å². The number of rotatable bonds is 5. The van der Waals surface area contributed by atoms with E-state index < -0.39 is 14.9 Å². The van der Waals surface area contributed by atoms with E-state index in [1.165, 1.54) is 22.0 Å². The molecule has 0 N–H and O–H groups in total. The summed E-state index contributed by atoms with van der Waals surface area (Å²) < 4.78 is 27.1. The fraction of sp³-hybridized carbons (Fsp3) is 0.333. The second-order valence-electron chi connectivity index (χ2n) is 6.39. The van der Waals surface area contributed by atoms with Gasteiger partial charge >= 0.3 is 0 Å². The van der Waals surface area contributed by atoms with Crippen LogP contribution >= 0.6 is 0 Å². The van der Waals surface area contributed by atoms with Crippen LogP contribution in [-0.2, 0) is 16.6 Å². The van der Waals surface area contributed by atoms with Gasteiger partial charge in [-0.2, -0.15) is 4.31 Å². The highest BCUT2D eigenvalue weighted by atomic mass is 32.2. The van der Waals surface area contributed by atoms with Crippen LogP contribution in [0, 0.1) is 17.0 Å². The number of nitro benzene ring substituents is 1. The monoisotopic (exact) mass is 375 g/mol. The molecule has 2 aromatic carbocycles. The molecule has 2 aromatic rings. The topological polar surface area (TPSA) is 83.8 Å². The van der Waals surface area contributed by atoms with Gasteiger partial charge in [0.25, 0.3) is 5.69 Å². The number of sulfonamides is 1. The highest BCUT2D eigenvalue weighted by molar-refractivity contribution is 7.89. The highest BCUT2D eigenvalue weighted by Crippen LogP contribution is 2.28. The summed E-state index contributed by atoms with van der Waals surface area (Å²) in [6, 6.07) is 14.2. The molecule has 1 heterocycles. The van der Waals surface area contributed by atoms with E-state index in [9.17, 15) is 18.5 Å². The molecule has 1 aliphatic rings. The number of nitrogens with zero attached hydrogens (tertiary/aromatic N) is 3. The number of hydrogen-bond donors (Lipinski definition) is 0. The Bertz CT molecular complexity index is 892. The third kappa shape index (κ3) is 3.92. The predicted octanol–water partition coefficient (Wildman–Crippen LogP) is 2.41. The van der Waals surface area contributed by atoms with Crippen LogP contribution in [0.1, 0.15) is 11.1 Å². The predicted molar refractivity (Wildman–Crippen MR) is 98.3 cm³/mol. The zero-order chi connectivity index (χ0) is 18.7. The Morgan fingerprint density at radius 2 is 1.69 bits per heavy atom. The standard InChI is InChI=1S/C18H21N3O4S/c1-15-7-8-18(17(13-15)21(22)23)26(24,25)20-11-9-19(10-12-20)14-16-5-3-2-4-6-16/h2-8,13H,9-12,14H2,1H3. The van der Waals surface area contributed by atoms with Crippen LogP contribution in [0.5, 0.6) is 0 Å². The summed E-state index contributed by atoms with van der Waals surface area (Å²) in [5, 5.41) is 11.3. The minimum absolute atomic E-state index is 0.232. The summed E-state index contributed by atoms with van der Waals surface area (Å²) in [7, 11) is -3.89. The number of nitro groups is 1. The Kier molecular flexibility index (Phi) is 5.36. The second kappa shape index (κ2) is 7.53. The van der Waals surface area contributed by atoms with E-state index in [0.717, 1.165) is 6.54 Å². The number of benzene rings is 2. The van der Waals surface area contributed by atoms with Gasteiger partial charge < -0.3 is 0 Å². The summed E-state index contributed by atoms with van der Waals surface area (Å²) >= 11 is 0. The average molecular weight is 375 g/mol. The zero-order valence-corrected chi connectivity index (χ0v) is 15.4. The van der Waals surface area contributed by atoms with E-state index in [2.05, 4.69) is 4.90 Å². The van der Waals surface area contributed by atoms with E-state index in [0.29, 0.717) is 31.7 Å². The van der Waals surface area contributed by atoms with Crippen LogP contribution < -0.4 is 0 Å². The first kappa shape index (κ1) is 18.5. The van der Waals surface area contributed by atoms with Gasteiger partial charge in [0.2, 0.25) is 10.0 Å². The first-order valence-corrected chi connectivity index (χ1v) is 9.83. The van der Waals surface area contributed by atoms with Crippen molar-refractivity contribution in [2.24, 2.45) is 0 Å². The largest absolute Gasteiger partial charge is 0.296 e. The average Bonchev–Trinajstić information content (AvgIpc) is 2.62. The van der Waals surface area contributed by atoms with E-state index in [4.69, 9.17) is 0 Å². The van der Waals surface area contributed by atoms with Gasteiger partial charge in [0.05, 0.1) is 4.92 Å². The van der Waals surface area contributed by atoms with Gasteiger partial charge in [0.15, 0.2) is 4.90 Å². The molecule has 0 aromatic heterocycles. The van der Waals surface area contributed by atoms with Gasteiger partial charge in [-0.05, 0) is 24.1 Å². The van der Waals surface area contributed by atoms with Crippen molar-refractivity contribution in [1.29, 1.82) is 0 Å². The van der Waals surface area contributed by atoms with Crippen molar-refractivity contribution in [3.8, 4) is 0 Å². The molecule has 7 nitrogen and oxygen atoms in total. The maximum Gasteiger partial charge on any atom is 0.289 e. The molecule has 1 saturated heterocycles. The first-order valence-electron chi connectivity index (χ1n) is 8.39. The number of piperazine rings is 1. The highest BCUT2D eigenvalue weighted by Gasteiger charge is 2.33. The molecule has 0 bridgehead atoms. The normalized spacial score (nSPS) is 16.5. The maximum atomic E-state index is 12.9. The van der Waals surface area contributed by atoms with Crippen molar-refractivity contribution >= 4 is 15.7 Å². The smallest absolute Gasteiger partial charge is 0.289 e. The lowest BCUT2D eigenvalue weighted by molar-refractivity contribution is -0.387. The van der Waals surface area contributed by atoms with Crippen LogP contribution in [0.15, 0.2) is 53.4 Å². The summed E-state index contributed by atoms with van der Waals surface area (Å²) in [6.07, 6.45) is 0. The molecule has 26 heavy (non-hydrogen) atoms. The molecule has 0 amide bonds. The third-order valence-corrected chi connectivity index (χ3v) is 6.46. The van der Waals surface area contributed by atoms with Crippen LogP contribution in [-0.4, -0.2) is 48.7 Å². The first-order chi connectivity index (χ1) is 12.4. The third-order valence-electron chi connectivity index (χ3n) is 4.51. The molecule has 0 aliphatic carbocycles. The Morgan fingerprint density at radius 1 is 1.04 bits per heavy atom. The fourth-order valence-electron chi connectivity index (χ4n) is 3.10. The Morgan fingerprint density at radius 3 is 2.31 bits per heavy atom. The van der Waals surface area contributed by atoms with Crippen LogP contribution in [0.25, 0.3) is 0 Å². The van der Waals surface area contributed by atoms with E-state index in [1.807, 2.05) is 30.3 Å². The lowest BCUT2D eigenvalue weighted by Crippen LogP contribution is -2.48. The zero-order valence-electron chi connectivity index (χ0n) is 14.5. The van der Waals surface area contributed by atoms with E-state index in [1.54, 1.807) is 13.0 Å². The lowest BCUT2D eigenvalue weighted by atomic mass is 10.2. The fourth-order valence-corrected chi connectivity index (χ4v) is 4.66. The minimum Gasteiger partial charge on any atom is -0.296 e. The van der Waals surface area contributed by atoms with Gasteiger partial charge in [0.1, 0.15) is 0 Å². The number of hydrogen-bond acceptors (Lipinski definition) is 5. The van der Waals surface area contributed by atoms with Gasteiger partial charge in [0, 0.05) is 38.8 Å². The maximum absolute atomic E-state index is 12.9. The molecule has 3 rings (SSSR count). The van der Waals surface area contributed by atoms with Crippen LogP contribution in [0.3, 0.4) is 0 Å². The Balaban J connectivity index is 1.73. The van der Waals surface area contributed by atoms with Crippen LogP contribution in [0.2, 0.25) is 0 Å². The molecular formula is C18H21N3O4S. The van der Waals surface area contributed by atoms with Gasteiger partial charge in [-0.15, -0.1) is 0 Å². The molecule has 0 saturated carbocycles. The molecule has 0 unspecified atom stereocenters. The van der Waals surface area contributed by atoms with Crippen molar-refractivity contribution < 1.29 is 13.3 Å². The van der Waals surface area contributed by atoms with Crippen molar-refractivity contribution in [1.82, 2.24) is 9.21 Å². The molecule has 0 spiro atoms. The Labute approximate surface area is 153 Å². The molecule has 1 aliphatic heterocycles. The molecule has 1 fully saturated rings. The van der Waals surface area contributed by atoms with Crippen molar-refractivity contribution in [3.05, 3.63) is 69.8 Å². The molecule has 0 atom stereocenters. The molecule has 8 heteroatoms. The Hall–Kier alpha value is -2.29. The summed E-state index contributed by atoms with van der Waals surface area (Å²) in [5.74, 6) is 0. The van der Waals surface area contributed by atoms with Crippen molar-refractivity contribution in [3.63, 3.8) is 0 Å². The quantitative estimate of drug-likeness (QED) is 0.592. The number of aryl methyl sites for hydroxylation is 1. The van der Waals surface area contributed by atoms with Crippen molar-refractivity contribution in [2.45, 2.75) is 18.4 Å². The summed E-state index contributed by atoms with van der Waals surface area (Å²) in [6.45, 7) is 4.28. The van der Waals surface area contributed by atoms with Gasteiger partial charge in [-0.3, -0.25) is 15.0 Å². The molecular weight excluding hydrogens is 354 g/mol. The SMILES string of the molecule is Cc1ccc(S(=O)(=O)N2CCN(Cc3ccccc3)CC2)c([N+](=O)[O-])c1. The molecule has 138 valence electrons. The molecule has 0 radical (unpaired) electrons. The van der Waals surface area contributed by atoms with Crippen molar-refractivity contribution in [2.75, 3.05) is 26.2 Å².